The first-order valence-electron chi connectivity index (χ1n) is 7.02. The zero-order valence-electron chi connectivity index (χ0n) is 12.3. The lowest BCUT2D eigenvalue weighted by Crippen LogP contribution is -2.21. The van der Waals surface area contributed by atoms with E-state index in [1.165, 1.54) is 28.8 Å². The van der Waals surface area contributed by atoms with Crippen LogP contribution in [0.5, 0.6) is 5.75 Å². The molecule has 1 aromatic carbocycles. The Morgan fingerprint density at radius 1 is 1.26 bits per heavy atom. The van der Waals surface area contributed by atoms with Crippen LogP contribution >= 0.6 is 0 Å². The van der Waals surface area contributed by atoms with E-state index in [-0.39, 0.29) is 22.7 Å². The molecule has 0 atom stereocenters. The normalized spacial score (nSPS) is 10.4. The molecule has 1 aromatic heterocycles. The van der Waals surface area contributed by atoms with E-state index in [2.05, 4.69) is 5.32 Å². The van der Waals surface area contributed by atoms with Gasteiger partial charge in [-0.1, -0.05) is 6.07 Å². The van der Waals surface area contributed by atoms with Gasteiger partial charge in [-0.2, -0.15) is 0 Å². The van der Waals surface area contributed by atoms with Crippen LogP contribution in [0, 0.1) is 10.1 Å². The molecule has 2 rings (SSSR count). The molecule has 0 bridgehead atoms. The topological polar surface area (TPSA) is 107 Å². The van der Waals surface area contributed by atoms with Gasteiger partial charge in [0.1, 0.15) is 11.4 Å². The van der Waals surface area contributed by atoms with Gasteiger partial charge in [-0.25, -0.2) is 0 Å². The summed E-state index contributed by atoms with van der Waals surface area (Å²) in [5, 5.41) is 23.1. The number of ether oxygens (including phenoxy) is 1. The van der Waals surface area contributed by atoms with Crippen molar-refractivity contribution in [2.24, 2.45) is 0 Å². The fraction of sp³-hybridized carbons (Fsp3) is 0.267. The third-order valence-electron chi connectivity index (χ3n) is 3.11. The molecule has 122 valence electrons. The van der Waals surface area contributed by atoms with Crippen molar-refractivity contribution in [2.75, 3.05) is 25.1 Å². The van der Waals surface area contributed by atoms with Crippen molar-refractivity contribution in [2.45, 2.75) is 6.54 Å². The molecule has 2 aromatic rings. The summed E-state index contributed by atoms with van der Waals surface area (Å²) in [5.74, 6) is -0.0533. The Balaban J connectivity index is 1.76. The van der Waals surface area contributed by atoms with Gasteiger partial charge < -0.3 is 19.7 Å². The second-order valence-corrected chi connectivity index (χ2v) is 4.73. The maximum absolute atomic E-state index is 11.5. The van der Waals surface area contributed by atoms with Crippen molar-refractivity contribution in [3.63, 3.8) is 0 Å². The molecule has 0 fully saturated rings. The van der Waals surface area contributed by atoms with Crippen LogP contribution < -0.4 is 10.9 Å². The summed E-state index contributed by atoms with van der Waals surface area (Å²) in [6.45, 7) is 1.45. The standard InChI is InChI=1S/C15H17N3O5/c19-12-4-5-14(18(21)22)13(11-12)16-6-9-23-10-8-17-7-2-1-3-15(17)20/h1-5,7,11,16,19H,6,8-10H2. The monoisotopic (exact) mass is 319 g/mol. The highest BCUT2D eigenvalue weighted by Gasteiger charge is 2.13. The molecule has 23 heavy (non-hydrogen) atoms. The van der Waals surface area contributed by atoms with Crippen LogP contribution in [0.15, 0.2) is 47.4 Å². The number of benzene rings is 1. The van der Waals surface area contributed by atoms with E-state index >= 15 is 0 Å². The molecule has 0 unspecified atom stereocenters. The second kappa shape index (κ2) is 7.95. The Morgan fingerprint density at radius 2 is 2.09 bits per heavy atom. The molecule has 0 saturated heterocycles. The van der Waals surface area contributed by atoms with Crippen LogP contribution in [0.3, 0.4) is 0 Å². The van der Waals surface area contributed by atoms with Crippen molar-refractivity contribution in [3.8, 4) is 5.75 Å². The van der Waals surface area contributed by atoms with Gasteiger partial charge in [0.15, 0.2) is 0 Å². The van der Waals surface area contributed by atoms with E-state index < -0.39 is 4.92 Å². The minimum atomic E-state index is -0.523. The van der Waals surface area contributed by atoms with E-state index in [0.29, 0.717) is 26.3 Å². The molecule has 1 heterocycles. The number of phenols is 1. The summed E-state index contributed by atoms with van der Waals surface area (Å²) < 4.78 is 6.93. The van der Waals surface area contributed by atoms with E-state index in [0.717, 1.165) is 0 Å². The number of pyridine rings is 1. The van der Waals surface area contributed by atoms with E-state index in [1.807, 2.05) is 0 Å². The zero-order chi connectivity index (χ0) is 16.7. The number of nitrogens with one attached hydrogen (secondary N) is 1. The maximum atomic E-state index is 11.5. The first-order valence-corrected chi connectivity index (χ1v) is 7.02. The van der Waals surface area contributed by atoms with Crippen molar-refractivity contribution in [1.82, 2.24) is 4.57 Å². The predicted octanol–water partition coefficient (Wildman–Crippen LogP) is 1.59. The number of aromatic hydroxyl groups is 1. The Bertz CT molecular complexity index is 729. The number of phenolic OH excluding ortho intramolecular Hbond substituents is 1. The van der Waals surface area contributed by atoms with E-state index in [9.17, 15) is 20.0 Å². The summed E-state index contributed by atoms with van der Waals surface area (Å²) in [4.78, 5) is 21.8. The highest BCUT2D eigenvalue weighted by molar-refractivity contribution is 5.63. The quantitative estimate of drug-likeness (QED) is 0.435. The fourth-order valence-electron chi connectivity index (χ4n) is 1.99. The first-order chi connectivity index (χ1) is 11.1. The molecule has 2 N–H and O–H groups in total. The number of hydrogen-bond acceptors (Lipinski definition) is 6. The van der Waals surface area contributed by atoms with Crippen molar-refractivity contribution >= 4 is 11.4 Å². The van der Waals surface area contributed by atoms with Gasteiger partial charge in [0.05, 0.1) is 18.1 Å². The number of nitro groups is 1. The van der Waals surface area contributed by atoms with Crippen LogP contribution in [0.25, 0.3) is 0 Å². The molecule has 0 saturated carbocycles. The predicted molar refractivity (Wildman–Crippen MR) is 84.8 cm³/mol. The second-order valence-electron chi connectivity index (χ2n) is 4.73. The van der Waals surface area contributed by atoms with Gasteiger partial charge in [-0.15, -0.1) is 0 Å². The first kappa shape index (κ1) is 16.5. The van der Waals surface area contributed by atoms with E-state index in [1.54, 1.807) is 18.3 Å². The third kappa shape index (κ3) is 4.82. The van der Waals surface area contributed by atoms with Crippen LogP contribution in [-0.2, 0) is 11.3 Å². The molecule has 0 aliphatic rings. The average molecular weight is 319 g/mol. The molecule has 8 heteroatoms. The Kier molecular flexibility index (Phi) is 5.70. The number of aromatic nitrogens is 1. The molecule has 0 aliphatic carbocycles. The molecule has 0 radical (unpaired) electrons. The van der Waals surface area contributed by atoms with Crippen molar-refractivity contribution < 1.29 is 14.8 Å². The molecule has 0 aliphatic heterocycles. The van der Waals surface area contributed by atoms with Crippen molar-refractivity contribution in [1.29, 1.82) is 0 Å². The number of nitro benzene ring substituents is 1. The van der Waals surface area contributed by atoms with Gasteiger partial charge >= 0.3 is 0 Å². The summed E-state index contributed by atoms with van der Waals surface area (Å²) in [6, 6.07) is 8.71. The lowest BCUT2D eigenvalue weighted by atomic mass is 10.2. The van der Waals surface area contributed by atoms with Gasteiger partial charge in [0.2, 0.25) is 0 Å². The average Bonchev–Trinajstić information content (AvgIpc) is 2.52. The molecular weight excluding hydrogens is 302 g/mol. The largest absolute Gasteiger partial charge is 0.508 e. The van der Waals surface area contributed by atoms with Crippen LogP contribution in [0.4, 0.5) is 11.4 Å². The Morgan fingerprint density at radius 3 is 2.83 bits per heavy atom. The number of nitrogens with zero attached hydrogens (tertiary/aromatic N) is 2. The third-order valence-corrected chi connectivity index (χ3v) is 3.11. The maximum Gasteiger partial charge on any atom is 0.292 e. The number of anilines is 1. The summed E-state index contributed by atoms with van der Waals surface area (Å²) in [5.41, 5.74) is 0.0288. The number of hydrogen-bond donors (Lipinski definition) is 2. The highest BCUT2D eigenvalue weighted by Crippen LogP contribution is 2.27. The SMILES string of the molecule is O=c1ccccn1CCOCCNc1cc(O)ccc1[N+](=O)[O-]. The van der Waals surface area contributed by atoms with E-state index in [4.69, 9.17) is 4.74 Å². The molecular formula is C15H17N3O5. The molecule has 0 amide bonds. The minimum Gasteiger partial charge on any atom is -0.508 e. The van der Waals surface area contributed by atoms with Crippen LogP contribution in [0.2, 0.25) is 0 Å². The minimum absolute atomic E-state index is 0.0533. The zero-order valence-corrected chi connectivity index (χ0v) is 12.3. The highest BCUT2D eigenvalue weighted by atomic mass is 16.6. The molecule has 8 nitrogen and oxygen atoms in total. The van der Waals surface area contributed by atoms with Crippen molar-refractivity contribution in [3.05, 3.63) is 63.1 Å². The van der Waals surface area contributed by atoms with Gasteiger partial charge in [0, 0.05) is 37.5 Å². The Hall–Kier alpha value is -2.87. The van der Waals surface area contributed by atoms with Crippen LogP contribution in [-0.4, -0.2) is 34.4 Å². The lowest BCUT2D eigenvalue weighted by Gasteiger charge is -2.09. The van der Waals surface area contributed by atoms with Gasteiger partial charge in [-0.3, -0.25) is 14.9 Å². The van der Waals surface area contributed by atoms with Gasteiger partial charge in [0.25, 0.3) is 11.2 Å². The smallest absolute Gasteiger partial charge is 0.292 e. The lowest BCUT2D eigenvalue weighted by molar-refractivity contribution is -0.384. The van der Waals surface area contributed by atoms with Gasteiger partial charge in [-0.05, 0) is 12.1 Å². The van der Waals surface area contributed by atoms with Crippen LogP contribution in [0.1, 0.15) is 0 Å². The fourth-order valence-corrected chi connectivity index (χ4v) is 1.99. The summed E-state index contributed by atoms with van der Waals surface area (Å²) in [6.07, 6.45) is 1.68. The summed E-state index contributed by atoms with van der Waals surface area (Å²) in [7, 11) is 0. The number of rotatable bonds is 8. The Labute approximate surface area is 132 Å². The molecule has 0 spiro atoms. The summed E-state index contributed by atoms with van der Waals surface area (Å²) >= 11 is 0.